The summed E-state index contributed by atoms with van der Waals surface area (Å²) in [5.41, 5.74) is 3.00. The molecule has 3 atom stereocenters. The summed E-state index contributed by atoms with van der Waals surface area (Å²) in [5, 5.41) is 17.6. The van der Waals surface area contributed by atoms with Crippen LogP contribution < -0.4 is 0 Å². The molecule has 2 aliphatic carbocycles. The molecule has 4 rings (SSSR count). The Kier molecular flexibility index (Phi) is 3.10. The van der Waals surface area contributed by atoms with Gasteiger partial charge < -0.3 is 10.0 Å². The van der Waals surface area contributed by atoms with Gasteiger partial charge in [-0.1, -0.05) is 13.8 Å². The highest BCUT2D eigenvalue weighted by atomic mass is 19.1. The third-order valence-electron chi connectivity index (χ3n) is 5.26. The van der Waals surface area contributed by atoms with Crippen LogP contribution in [0.1, 0.15) is 26.7 Å². The van der Waals surface area contributed by atoms with E-state index in [0.717, 1.165) is 29.8 Å². The maximum absolute atomic E-state index is 14.1. The number of azo groups is 1. The van der Waals surface area contributed by atoms with Gasteiger partial charge >= 0.3 is 0 Å². The van der Waals surface area contributed by atoms with Crippen molar-refractivity contribution in [2.45, 2.75) is 32.7 Å². The number of nitrogens with zero attached hydrogens (tertiary/aromatic N) is 3. The van der Waals surface area contributed by atoms with Crippen LogP contribution in [0.5, 0.6) is 0 Å². The monoisotopic (exact) mass is 317 g/mol. The number of aliphatic hydroxyl groups excluding tert-OH is 1. The average molecular weight is 317 g/mol. The number of amides is 1. The molecule has 0 bridgehead atoms. The molecule has 4 aliphatic rings. The largest absolute Gasteiger partial charge is 0.395 e. The highest BCUT2D eigenvalue weighted by molar-refractivity contribution is 5.83. The molecule has 1 amide bonds. The number of rotatable bonds is 2. The third-order valence-corrected chi connectivity index (χ3v) is 5.26. The normalized spacial score (nSPS) is 34.2. The van der Waals surface area contributed by atoms with Gasteiger partial charge in [0.05, 0.1) is 18.6 Å². The van der Waals surface area contributed by atoms with E-state index in [0.29, 0.717) is 6.54 Å². The van der Waals surface area contributed by atoms with Gasteiger partial charge in [0.2, 0.25) is 0 Å². The van der Waals surface area contributed by atoms with E-state index in [-0.39, 0.29) is 29.9 Å². The number of allylic oxidation sites excluding steroid dienone is 4. The lowest BCUT2D eigenvalue weighted by Gasteiger charge is -2.36. The van der Waals surface area contributed by atoms with Gasteiger partial charge in [0.1, 0.15) is 5.83 Å². The molecule has 0 radical (unpaired) electrons. The Bertz CT molecular complexity index is 705. The standard InChI is InChI=1S/C17H20FN3O2/c1-17(2)7-11-15-13(8-17)21(3-4-22)12-6-9(18)5-10(14(12)15)16(23)20-19-11/h5-6,10-11,14,22H,3-4,7-8H2,1-2H3. The number of carbonyl (C=O) groups excluding carboxylic acids is 1. The highest BCUT2D eigenvalue weighted by Gasteiger charge is 2.51. The molecule has 6 heteroatoms. The van der Waals surface area contributed by atoms with Crippen molar-refractivity contribution in [2.24, 2.45) is 27.5 Å². The van der Waals surface area contributed by atoms with Crippen LogP contribution in [-0.2, 0) is 4.79 Å². The first-order chi connectivity index (χ1) is 10.9. The van der Waals surface area contributed by atoms with Crippen LogP contribution in [0, 0.1) is 17.3 Å². The molecular formula is C17H20FN3O2. The van der Waals surface area contributed by atoms with Crippen molar-refractivity contribution in [2.75, 3.05) is 13.2 Å². The Morgan fingerprint density at radius 3 is 3.00 bits per heavy atom. The van der Waals surface area contributed by atoms with E-state index in [1.54, 1.807) is 0 Å². The number of halogens is 1. The molecule has 23 heavy (non-hydrogen) atoms. The molecule has 1 N–H and O–H groups in total. The van der Waals surface area contributed by atoms with E-state index in [9.17, 15) is 14.3 Å². The maximum atomic E-state index is 14.1. The van der Waals surface area contributed by atoms with Crippen LogP contribution in [0.15, 0.2) is 45.2 Å². The molecule has 0 aromatic carbocycles. The lowest BCUT2D eigenvalue weighted by molar-refractivity contribution is -0.121. The predicted molar refractivity (Wildman–Crippen MR) is 81.7 cm³/mol. The zero-order valence-corrected chi connectivity index (χ0v) is 13.3. The van der Waals surface area contributed by atoms with Crippen LogP contribution in [0.2, 0.25) is 0 Å². The topological polar surface area (TPSA) is 65.3 Å². The summed E-state index contributed by atoms with van der Waals surface area (Å²) in [7, 11) is 0. The zero-order chi connectivity index (χ0) is 16.4. The second kappa shape index (κ2) is 4.84. The Hall–Kier alpha value is -1.82. The average Bonchev–Trinajstić information content (AvgIpc) is 2.68. The molecule has 0 saturated carbocycles. The number of aliphatic hydroxyl groups is 1. The van der Waals surface area contributed by atoms with E-state index in [1.807, 2.05) is 4.90 Å². The van der Waals surface area contributed by atoms with E-state index >= 15 is 0 Å². The minimum absolute atomic E-state index is 0.0165. The lowest BCUT2D eigenvalue weighted by atomic mass is 9.70. The molecule has 0 fully saturated rings. The van der Waals surface area contributed by atoms with E-state index in [4.69, 9.17) is 0 Å². The summed E-state index contributed by atoms with van der Waals surface area (Å²) in [4.78, 5) is 14.3. The summed E-state index contributed by atoms with van der Waals surface area (Å²) in [6.45, 7) is 4.73. The quantitative estimate of drug-likeness (QED) is 0.851. The predicted octanol–water partition coefficient (Wildman–Crippen LogP) is 2.71. The summed E-state index contributed by atoms with van der Waals surface area (Å²) >= 11 is 0. The van der Waals surface area contributed by atoms with Crippen molar-refractivity contribution < 1.29 is 14.3 Å². The Labute approximate surface area is 134 Å². The van der Waals surface area contributed by atoms with Gasteiger partial charge in [-0.15, -0.1) is 5.11 Å². The van der Waals surface area contributed by atoms with Crippen molar-refractivity contribution in [1.29, 1.82) is 0 Å². The Morgan fingerprint density at radius 1 is 1.48 bits per heavy atom. The minimum Gasteiger partial charge on any atom is -0.395 e. The Balaban J connectivity index is 1.92. The third kappa shape index (κ3) is 2.11. The van der Waals surface area contributed by atoms with Gasteiger partial charge in [0.25, 0.3) is 5.91 Å². The molecule has 2 heterocycles. The minimum atomic E-state index is -0.612. The fourth-order valence-electron chi connectivity index (χ4n) is 4.45. The van der Waals surface area contributed by atoms with Crippen LogP contribution >= 0.6 is 0 Å². The van der Waals surface area contributed by atoms with Gasteiger partial charge in [-0.2, -0.15) is 5.11 Å². The fourth-order valence-corrected chi connectivity index (χ4v) is 4.45. The molecule has 5 nitrogen and oxygen atoms in total. The second-order valence-corrected chi connectivity index (χ2v) is 7.52. The first kappa shape index (κ1) is 14.8. The fraction of sp³-hybridized carbons (Fsp3) is 0.588. The number of β-amino-alcohol motifs (C(OH)–C–C–N with tert-alkyl or cyclic N) is 1. The SMILES string of the molecule is CC1(C)CC2=C3C(C1)N=NC(=O)C1C=C(F)C=C(C31)N2CCO. The molecule has 0 saturated heterocycles. The molecule has 3 unspecified atom stereocenters. The summed E-state index contributed by atoms with van der Waals surface area (Å²) in [6.07, 6.45) is 4.53. The Morgan fingerprint density at radius 2 is 2.26 bits per heavy atom. The first-order valence-electron chi connectivity index (χ1n) is 8.06. The van der Waals surface area contributed by atoms with Crippen LogP contribution in [0.25, 0.3) is 0 Å². The summed E-state index contributed by atoms with van der Waals surface area (Å²) in [6, 6.07) is -0.130. The van der Waals surface area contributed by atoms with Crippen molar-refractivity contribution in [3.8, 4) is 0 Å². The zero-order valence-electron chi connectivity index (χ0n) is 13.3. The van der Waals surface area contributed by atoms with Crippen LogP contribution in [0.3, 0.4) is 0 Å². The number of hydrogen-bond donors (Lipinski definition) is 1. The van der Waals surface area contributed by atoms with E-state index in [1.165, 1.54) is 12.2 Å². The second-order valence-electron chi connectivity index (χ2n) is 7.52. The smallest absolute Gasteiger partial charge is 0.272 e. The highest BCUT2D eigenvalue weighted by Crippen LogP contribution is 2.55. The molecular weight excluding hydrogens is 297 g/mol. The van der Waals surface area contributed by atoms with Crippen molar-refractivity contribution in [3.05, 3.63) is 34.9 Å². The number of hydrogen-bond acceptors (Lipinski definition) is 4. The van der Waals surface area contributed by atoms with Crippen LogP contribution in [-0.4, -0.2) is 35.1 Å². The van der Waals surface area contributed by atoms with Gasteiger partial charge in [0.15, 0.2) is 0 Å². The van der Waals surface area contributed by atoms with Crippen molar-refractivity contribution in [1.82, 2.24) is 4.90 Å². The van der Waals surface area contributed by atoms with E-state index in [2.05, 4.69) is 24.1 Å². The van der Waals surface area contributed by atoms with Crippen molar-refractivity contribution in [3.63, 3.8) is 0 Å². The molecule has 122 valence electrons. The molecule has 2 aliphatic heterocycles. The first-order valence-corrected chi connectivity index (χ1v) is 8.06. The summed E-state index contributed by atoms with van der Waals surface area (Å²) < 4.78 is 14.1. The van der Waals surface area contributed by atoms with Gasteiger partial charge in [0, 0.05) is 23.9 Å². The lowest BCUT2D eigenvalue weighted by Crippen LogP contribution is -2.31. The maximum Gasteiger partial charge on any atom is 0.272 e. The van der Waals surface area contributed by atoms with E-state index < -0.39 is 11.7 Å². The van der Waals surface area contributed by atoms with Gasteiger partial charge in [-0.05, 0) is 36.0 Å². The molecule has 0 spiro atoms. The van der Waals surface area contributed by atoms with Gasteiger partial charge in [-0.3, -0.25) is 4.79 Å². The molecule has 0 aromatic heterocycles. The van der Waals surface area contributed by atoms with Gasteiger partial charge in [-0.25, -0.2) is 4.39 Å². The van der Waals surface area contributed by atoms with Crippen LogP contribution in [0.4, 0.5) is 4.39 Å². The molecule has 0 aromatic rings. The number of carbonyl (C=O) groups is 1. The van der Waals surface area contributed by atoms with Crippen molar-refractivity contribution >= 4 is 5.91 Å². The summed E-state index contributed by atoms with van der Waals surface area (Å²) in [5.74, 6) is -1.58.